The molecule has 0 saturated carbocycles. The lowest BCUT2D eigenvalue weighted by atomic mass is 10.1. The van der Waals surface area contributed by atoms with Crippen LogP contribution < -0.4 is 0 Å². The summed E-state index contributed by atoms with van der Waals surface area (Å²) < 4.78 is 5.74. The molecule has 7 nitrogen and oxygen atoms in total. The molecule has 22 heavy (non-hydrogen) atoms. The summed E-state index contributed by atoms with van der Waals surface area (Å²) in [4.78, 5) is 22.2. The van der Waals surface area contributed by atoms with Gasteiger partial charge in [-0.2, -0.15) is 5.10 Å². The van der Waals surface area contributed by atoms with Crippen LogP contribution in [0.5, 0.6) is 0 Å². The molecule has 114 valence electrons. The van der Waals surface area contributed by atoms with E-state index in [1.54, 1.807) is 35.8 Å². The highest BCUT2D eigenvalue weighted by Gasteiger charge is 2.25. The normalized spacial score (nSPS) is 18.2. The first kappa shape index (κ1) is 14.5. The molecule has 0 aliphatic carbocycles. The molecule has 1 aliphatic heterocycles. The molecule has 2 aromatic heterocycles. The van der Waals surface area contributed by atoms with E-state index in [-0.39, 0.29) is 12.0 Å². The summed E-state index contributed by atoms with van der Waals surface area (Å²) in [5.41, 5.74) is 1.36. The van der Waals surface area contributed by atoms with Gasteiger partial charge in [0.15, 0.2) is 5.69 Å². The number of ether oxygens (including phenoxy) is 1. The van der Waals surface area contributed by atoms with Crippen molar-refractivity contribution < 1.29 is 9.53 Å². The lowest BCUT2D eigenvalue weighted by molar-refractivity contribution is -0.0249. The molecule has 0 N–H and O–H groups in total. The number of hydrogen-bond donors (Lipinski definition) is 0. The molecule has 0 unspecified atom stereocenters. The lowest BCUT2D eigenvalue weighted by Crippen LogP contribution is -2.46. The van der Waals surface area contributed by atoms with Gasteiger partial charge in [-0.25, -0.2) is 9.97 Å². The fourth-order valence-corrected chi connectivity index (χ4v) is 2.43. The SMILES string of the molecule is O=C(c1cccnn1)N1CCO[C@@H](CCc2ccncn2)C1. The second-order valence-electron chi connectivity index (χ2n) is 5.09. The summed E-state index contributed by atoms with van der Waals surface area (Å²) in [6.07, 6.45) is 6.47. The molecule has 0 aromatic carbocycles. The number of rotatable bonds is 4. The Morgan fingerprint density at radius 2 is 2.32 bits per heavy atom. The van der Waals surface area contributed by atoms with E-state index in [2.05, 4.69) is 20.2 Å². The van der Waals surface area contributed by atoms with Crippen LogP contribution in [0.1, 0.15) is 22.6 Å². The van der Waals surface area contributed by atoms with E-state index in [0.717, 1.165) is 18.5 Å². The maximum absolute atomic E-state index is 12.4. The van der Waals surface area contributed by atoms with E-state index in [1.165, 1.54) is 0 Å². The second kappa shape index (κ2) is 7.04. The van der Waals surface area contributed by atoms with Crippen LogP contribution in [0.3, 0.4) is 0 Å². The minimum Gasteiger partial charge on any atom is -0.375 e. The van der Waals surface area contributed by atoms with Crippen molar-refractivity contribution in [1.29, 1.82) is 0 Å². The maximum Gasteiger partial charge on any atom is 0.274 e. The third-order valence-electron chi connectivity index (χ3n) is 3.58. The van der Waals surface area contributed by atoms with Crippen molar-refractivity contribution >= 4 is 5.91 Å². The van der Waals surface area contributed by atoms with Crippen molar-refractivity contribution in [1.82, 2.24) is 25.1 Å². The van der Waals surface area contributed by atoms with Crippen LogP contribution in [-0.4, -0.2) is 56.8 Å². The highest BCUT2D eigenvalue weighted by Crippen LogP contribution is 2.13. The van der Waals surface area contributed by atoms with Crippen molar-refractivity contribution in [3.8, 4) is 0 Å². The zero-order valence-electron chi connectivity index (χ0n) is 12.1. The Balaban J connectivity index is 1.56. The molecule has 1 saturated heterocycles. The van der Waals surface area contributed by atoms with Gasteiger partial charge in [-0.15, -0.1) is 5.10 Å². The number of morpholine rings is 1. The van der Waals surface area contributed by atoms with Crippen molar-refractivity contribution in [3.63, 3.8) is 0 Å². The van der Waals surface area contributed by atoms with Gasteiger partial charge in [0.1, 0.15) is 6.33 Å². The smallest absolute Gasteiger partial charge is 0.274 e. The summed E-state index contributed by atoms with van der Waals surface area (Å²) >= 11 is 0. The number of aryl methyl sites for hydroxylation is 1. The van der Waals surface area contributed by atoms with Crippen LogP contribution >= 0.6 is 0 Å². The predicted molar refractivity (Wildman–Crippen MR) is 78.0 cm³/mol. The van der Waals surface area contributed by atoms with Gasteiger partial charge in [0.2, 0.25) is 0 Å². The van der Waals surface area contributed by atoms with Crippen molar-refractivity contribution in [3.05, 3.63) is 48.3 Å². The van der Waals surface area contributed by atoms with E-state index in [9.17, 15) is 4.79 Å². The van der Waals surface area contributed by atoms with Crippen molar-refractivity contribution in [2.75, 3.05) is 19.7 Å². The van der Waals surface area contributed by atoms with E-state index in [1.807, 2.05) is 6.07 Å². The Kier molecular flexibility index (Phi) is 4.65. The van der Waals surface area contributed by atoms with Crippen LogP contribution in [0.15, 0.2) is 36.9 Å². The summed E-state index contributed by atoms with van der Waals surface area (Å²) in [6.45, 7) is 1.69. The monoisotopic (exact) mass is 299 g/mol. The Labute approximate surface area is 128 Å². The Hall–Kier alpha value is -2.41. The largest absolute Gasteiger partial charge is 0.375 e. The first-order valence-electron chi connectivity index (χ1n) is 7.26. The quantitative estimate of drug-likeness (QED) is 0.828. The Bertz CT molecular complexity index is 608. The standard InChI is InChI=1S/C15H17N5O2/c21-15(14-2-1-6-18-19-14)20-8-9-22-13(10-20)4-3-12-5-7-16-11-17-12/h1-2,5-7,11,13H,3-4,8-10H2/t13-/m0/s1. The topological polar surface area (TPSA) is 81.1 Å². The predicted octanol–water partition coefficient (Wildman–Crippen LogP) is 0.740. The molecule has 7 heteroatoms. The molecule has 1 atom stereocenters. The number of carbonyl (C=O) groups is 1. The highest BCUT2D eigenvalue weighted by atomic mass is 16.5. The third-order valence-corrected chi connectivity index (χ3v) is 3.58. The van der Waals surface area contributed by atoms with Crippen LogP contribution in [0.4, 0.5) is 0 Å². The van der Waals surface area contributed by atoms with Gasteiger partial charge < -0.3 is 9.64 Å². The number of hydrogen-bond acceptors (Lipinski definition) is 6. The van der Waals surface area contributed by atoms with E-state index >= 15 is 0 Å². The van der Waals surface area contributed by atoms with Gasteiger partial charge >= 0.3 is 0 Å². The average Bonchev–Trinajstić information content (AvgIpc) is 2.61. The zero-order valence-corrected chi connectivity index (χ0v) is 12.1. The second-order valence-corrected chi connectivity index (χ2v) is 5.09. The highest BCUT2D eigenvalue weighted by molar-refractivity contribution is 5.92. The number of amides is 1. The molecule has 1 amide bonds. The molecule has 0 radical (unpaired) electrons. The van der Waals surface area contributed by atoms with Gasteiger partial charge in [0, 0.05) is 31.2 Å². The molecule has 2 aromatic rings. The molecule has 1 aliphatic rings. The minimum atomic E-state index is -0.0940. The Morgan fingerprint density at radius 1 is 1.36 bits per heavy atom. The van der Waals surface area contributed by atoms with E-state index in [4.69, 9.17) is 4.74 Å². The van der Waals surface area contributed by atoms with Crippen LogP contribution in [0.25, 0.3) is 0 Å². The molecule has 0 bridgehead atoms. The van der Waals surface area contributed by atoms with Crippen LogP contribution in [0.2, 0.25) is 0 Å². The molecular formula is C15H17N5O2. The molecule has 3 heterocycles. The van der Waals surface area contributed by atoms with E-state index < -0.39 is 0 Å². The first-order valence-corrected chi connectivity index (χ1v) is 7.26. The Morgan fingerprint density at radius 3 is 3.09 bits per heavy atom. The molecule has 0 spiro atoms. The summed E-state index contributed by atoms with van der Waals surface area (Å²) in [5.74, 6) is -0.0940. The van der Waals surface area contributed by atoms with Gasteiger partial charge in [-0.3, -0.25) is 4.79 Å². The molecule has 1 fully saturated rings. The number of carbonyl (C=O) groups excluding carboxylic acids is 1. The van der Waals surface area contributed by atoms with Crippen LogP contribution in [-0.2, 0) is 11.2 Å². The van der Waals surface area contributed by atoms with Crippen molar-refractivity contribution in [2.45, 2.75) is 18.9 Å². The summed E-state index contributed by atoms with van der Waals surface area (Å²) in [6, 6.07) is 5.29. The first-order chi connectivity index (χ1) is 10.8. The minimum absolute atomic E-state index is 0.0179. The van der Waals surface area contributed by atoms with Gasteiger partial charge in [0.05, 0.1) is 12.7 Å². The fourth-order valence-electron chi connectivity index (χ4n) is 2.43. The summed E-state index contributed by atoms with van der Waals surface area (Å²) in [5, 5.41) is 7.63. The molecular weight excluding hydrogens is 282 g/mol. The summed E-state index contributed by atoms with van der Waals surface area (Å²) in [7, 11) is 0. The number of nitrogens with zero attached hydrogens (tertiary/aromatic N) is 5. The van der Waals surface area contributed by atoms with Crippen LogP contribution in [0, 0.1) is 0 Å². The van der Waals surface area contributed by atoms with Crippen molar-refractivity contribution in [2.24, 2.45) is 0 Å². The van der Waals surface area contributed by atoms with Gasteiger partial charge in [-0.05, 0) is 31.0 Å². The average molecular weight is 299 g/mol. The maximum atomic E-state index is 12.4. The number of aromatic nitrogens is 4. The van der Waals surface area contributed by atoms with E-state index in [0.29, 0.717) is 25.4 Å². The molecule has 3 rings (SSSR count). The zero-order chi connectivity index (χ0) is 15.2. The fraction of sp³-hybridized carbons (Fsp3) is 0.400. The lowest BCUT2D eigenvalue weighted by Gasteiger charge is -2.32. The van der Waals surface area contributed by atoms with Gasteiger partial charge in [-0.1, -0.05) is 0 Å². The third kappa shape index (κ3) is 3.62. The van der Waals surface area contributed by atoms with Gasteiger partial charge in [0.25, 0.3) is 5.91 Å².